The lowest BCUT2D eigenvalue weighted by atomic mass is 9.92. The number of fused-ring (bicyclic) bond motifs is 1. The maximum Gasteiger partial charge on any atom is 0.246 e. The molecule has 0 radical (unpaired) electrons. The van der Waals surface area contributed by atoms with Crippen molar-refractivity contribution in [2.75, 3.05) is 20.3 Å². The number of amides is 1. The molecule has 0 spiro atoms. The molecule has 1 aliphatic rings. The molecule has 0 bridgehead atoms. The number of carbonyl (C=O) groups excluding carboxylic acids is 1. The van der Waals surface area contributed by atoms with Crippen molar-refractivity contribution < 1.29 is 14.3 Å². The van der Waals surface area contributed by atoms with E-state index < -0.39 is 0 Å². The second kappa shape index (κ2) is 7.61. The summed E-state index contributed by atoms with van der Waals surface area (Å²) in [4.78, 5) is 11.8. The summed E-state index contributed by atoms with van der Waals surface area (Å²) < 4.78 is 10.7. The van der Waals surface area contributed by atoms with Crippen LogP contribution in [0.2, 0.25) is 0 Å². The van der Waals surface area contributed by atoms with Crippen LogP contribution in [-0.2, 0) is 9.53 Å². The first kappa shape index (κ1) is 16.8. The molecule has 0 fully saturated rings. The zero-order chi connectivity index (χ0) is 16.1. The van der Waals surface area contributed by atoms with Gasteiger partial charge in [-0.25, -0.2) is 0 Å². The first-order chi connectivity index (χ1) is 10.6. The SMILES string of the molecule is CCCC(N)c1cc(C)c2c(c1)C(NC(=O)COC)CCO2. The Morgan fingerprint density at radius 3 is 3.00 bits per heavy atom. The van der Waals surface area contributed by atoms with Crippen LogP contribution in [0.15, 0.2) is 12.1 Å². The smallest absolute Gasteiger partial charge is 0.246 e. The van der Waals surface area contributed by atoms with Gasteiger partial charge in [0.2, 0.25) is 5.91 Å². The van der Waals surface area contributed by atoms with Gasteiger partial charge in [-0.3, -0.25) is 4.79 Å². The van der Waals surface area contributed by atoms with Crippen molar-refractivity contribution in [2.45, 2.75) is 45.2 Å². The van der Waals surface area contributed by atoms with E-state index in [-0.39, 0.29) is 24.6 Å². The molecule has 122 valence electrons. The van der Waals surface area contributed by atoms with E-state index in [2.05, 4.69) is 24.4 Å². The normalized spacial score (nSPS) is 18.3. The molecule has 0 aliphatic carbocycles. The van der Waals surface area contributed by atoms with Gasteiger partial charge in [-0.05, 0) is 30.5 Å². The third-order valence-electron chi connectivity index (χ3n) is 3.99. The zero-order valence-electron chi connectivity index (χ0n) is 13.6. The van der Waals surface area contributed by atoms with Gasteiger partial charge < -0.3 is 20.5 Å². The van der Waals surface area contributed by atoms with Crippen LogP contribution in [0.25, 0.3) is 0 Å². The Labute approximate surface area is 132 Å². The summed E-state index contributed by atoms with van der Waals surface area (Å²) in [6, 6.07) is 4.16. The fourth-order valence-electron chi connectivity index (χ4n) is 2.93. The second-order valence-electron chi connectivity index (χ2n) is 5.84. The number of nitrogens with one attached hydrogen (secondary N) is 1. The first-order valence-electron chi connectivity index (χ1n) is 7.88. The molecule has 3 N–H and O–H groups in total. The van der Waals surface area contributed by atoms with E-state index in [0.717, 1.165) is 41.7 Å². The predicted molar refractivity (Wildman–Crippen MR) is 85.9 cm³/mol. The number of hydrogen-bond acceptors (Lipinski definition) is 4. The molecule has 0 saturated heterocycles. The van der Waals surface area contributed by atoms with Gasteiger partial charge in [-0.15, -0.1) is 0 Å². The third-order valence-corrected chi connectivity index (χ3v) is 3.99. The third kappa shape index (κ3) is 3.78. The van der Waals surface area contributed by atoms with Crippen LogP contribution in [0.4, 0.5) is 0 Å². The van der Waals surface area contributed by atoms with Crippen molar-refractivity contribution in [3.05, 3.63) is 28.8 Å². The Bertz CT molecular complexity index is 531. The number of nitrogens with two attached hydrogens (primary N) is 1. The van der Waals surface area contributed by atoms with Gasteiger partial charge in [0.1, 0.15) is 12.4 Å². The lowest BCUT2D eigenvalue weighted by Crippen LogP contribution is -2.34. The molecular formula is C17H26N2O3. The van der Waals surface area contributed by atoms with Crippen molar-refractivity contribution in [2.24, 2.45) is 5.73 Å². The predicted octanol–water partition coefficient (Wildman–Crippen LogP) is 2.38. The standard InChI is InChI=1S/C17H26N2O3/c1-4-5-14(18)12-8-11(2)17-13(9-12)15(6-7-22-17)19-16(20)10-21-3/h8-9,14-15H,4-7,10,18H2,1-3H3,(H,19,20). The highest BCUT2D eigenvalue weighted by atomic mass is 16.5. The first-order valence-corrected chi connectivity index (χ1v) is 7.88. The van der Waals surface area contributed by atoms with Crippen LogP contribution in [0, 0.1) is 6.92 Å². The molecule has 1 heterocycles. The number of aryl methyl sites for hydroxylation is 1. The maximum absolute atomic E-state index is 11.8. The summed E-state index contributed by atoms with van der Waals surface area (Å²) in [7, 11) is 1.52. The van der Waals surface area contributed by atoms with E-state index in [1.54, 1.807) is 0 Å². The minimum absolute atomic E-state index is 0.0197. The number of methoxy groups -OCH3 is 1. The van der Waals surface area contributed by atoms with E-state index in [1.807, 2.05) is 6.92 Å². The number of carbonyl (C=O) groups is 1. The minimum atomic E-state index is -0.110. The van der Waals surface area contributed by atoms with Gasteiger partial charge in [0.25, 0.3) is 0 Å². The highest BCUT2D eigenvalue weighted by Gasteiger charge is 2.25. The number of hydrogen-bond donors (Lipinski definition) is 2. The fraction of sp³-hybridized carbons (Fsp3) is 0.588. The van der Waals surface area contributed by atoms with Crippen LogP contribution in [0.3, 0.4) is 0 Å². The minimum Gasteiger partial charge on any atom is -0.493 e. The van der Waals surface area contributed by atoms with Crippen LogP contribution < -0.4 is 15.8 Å². The summed E-state index contributed by atoms with van der Waals surface area (Å²) in [6.07, 6.45) is 2.75. The monoisotopic (exact) mass is 306 g/mol. The van der Waals surface area contributed by atoms with Crippen molar-refractivity contribution in [3.8, 4) is 5.75 Å². The van der Waals surface area contributed by atoms with Crippen LogP contribution in [0.1, 0.15) is 55.0 Å². The van der Waals surface area contributed by atoms with E-state index in [0.29, 0.717) is 6.61 Å². The average molecular weight is 306 g/mol. The Hall–Kier alpha value is -1.59. The van der Waals surface area contributed by atoms with Crippen molar-refractivity contribution in [3.63, 3.8) is 0 Å². The molecule has 2 unspecified atom stereocenters. The average Bonchev–Trinajstić information content (AvgIpc) is 2.48. The molecule has 1 aliphatic heterocycles. The highest BCUT2D eigenvalue weighted by Crippen LogP contribution is 2.37. The number of ether oxygens (including phenoxy) is 2. The molecular weight excluding hydrogens is 280 g/mol. The summed E-state index contributed by atoms with van der Waals surface area (Å²) in [6.45, 7) is 4.83. The molecule has 1 aromatic rings. The van der Waals surface area contributed by atoms with E-state index in [9.17, 15) is 4.79 Å². The summed E-state index contributed by atoms with van der Waals surface area (Å²) >= 11 is 0. The molecule has 22 heavy (non-hydrogen) atoms. The lowest BCUT2D eigenvalue weighted by Gasteiger charge is -2.29. The molecule has 2 atom stereocenters. The van der Waals surface area contributed by atoms with Gasteiger partial charge in [-0.1, -0.05) is 19.4 Å². The molecule has 0 aromatic heterocycles. The van der Waals surface area contributed by atoms with Crippen molar-refractivity contribution >= 4 is 5.91 Å². The van der Waals surface area contributed by atoms with Gasteiger partial charge in [0, 0.05) is 25.1 Å². The summed E-state index contributed by atoms with van der Waals surface area (Å²) in [5, 5.41) is 3.02. The quantitative estimate of drug-likeness (QED) is 0.846. The van der Waals surface area contributed by atoms with E-state index >= 15 is 0 Å². The van der Waals surface area contributed by atoms with Crippen LogP contribution >= 0.6 is 0 Å². The Morgan fingerprint density at radius 2 is 2.32 bits per heavy atom. The molecule has 1 amide bonds. The molecule has 5 nitrogen and oxygen atoms in total. The molecule has 1 aromatic carbocycles. The van der Waals surface area contributed by atoms with Gasteiger partial charge in [-0.2, -0.15) is 0 Å². The summed E-state index contributed by atoms with van der Waals surface area (Å²) in [5.41, 5.74) is 9.46. The van der Waals surface area contributed by atoms with E-state index in [4.69, 9.17) is 15.2 Å². The molecule has 2 rings (SSSR count). The van der Waals surface area contributed by atoms with Gasteiger partial charge >= 0.3 is 0 Å². The molecule has 5 heteroatoms. The second-order valence-corrected chi connectivity index (χ2v) is 5.84. The Kier molecular flexibility index (Phi) is 5.80. The Morgan fingerprint density at radius 1 is 1.55 bits per heavy atom. The zero-order valence-corrected chi connectivity index (χ0v) is 13.6. The lowest BCUT2D eigenvalue weighted by molar-refractivity contribution is -0.125. The highest BCUT2D eigenvalue weighted by molar-refractivity contribution is 5.78. The largest absolute Gasteiger partial charge is 0.493 e. The number of benzene rings is 1. The maximum atomic E-state index is 11.8. The van der Waals surface area contributed by atoms with Gasteiger partial charge in [0.05, 0.1) is 12.6 Å². The molecule has 0 saturated carbocycles. The van der Waals surface area contributed by atoms with E-state index in [1.165, 1.54) is 7.11 Å². The van der Waals surface area contributed by atoms with Crippen molar-refractivity contribution in [1.82, 2.24) is 5.32 Å². The topological polar surface area (TPSA) is 73.6 Å². The number of rotatable bonds is 6. The summed E-state index contributed by atoms with van der Waals surface area (Å²) in [5.74, 6) is 0.766. The van der Waals surface area contributed by atoms with Crippen LogP contribution in [-0.4, -0.2) is 26.2 Å². The fourth-order valence-corrected chi connectivity index (χ4v) is 2.93. The Balaban J connectivity index is 2.29. The van der Waals surface area contributed by atoms with Gasteiger partial charge in [0.15, 0.2) is 0 Å². The van der Waals surface area contributed by atoms with Crippen molar-refractivity contribution in [1.29, 1.82) is 0 Å². The van der Waals surface area contributed by atoms with Crippen LogP contribution in [0.5, 0.6) is 5.75 Å².